The quantitative estimate of drug-likeness (QED) is 0.212. The molecular weight excluding hydrogens is 462 g/mol. The molecule has 1 heterocycles. The van der Waals surface area contributed by atoms with Crippen molar-refractivity contribution in [2.75, 3.05) is 17.2 Å². The third kappa shape index (κ3) is 6.28. The zero-order chi connectivity index (χ0) is 24.8. The normalized spacial score (nSPS) is 11.3. The number of benzene rings is 3. The lowest BCUT2D eigenvalue weighted by molar-refractivity contribution is -0.114. The van der Waals surface area contributed by atoms with E-state index in [1.165, 1.54) is 6.92 Å². The molecule has 35 heavy (non-hydrogen) atoms. The van der Waals surface area contributed by atoms with Crippen LogP contribution in [-0.4, -0.2) is 29.3 Å². The zero-order valence-corrected chi connectivity index (χ0v) is 20.2. The number of carbonyl (C=O) groups is 2. The first-order valence-electron chi connectivity index (χ1n) is 11.2. The molecule has 1 aromatic heterocycles. The molecule has 2 amide bonds. The Hall–Kier alpha value is -4.10. The van der Waals surface area contributed by atoms with Crippen molar-refractivity contribution < 1.29 is 9.59 Å². The Morgan fingerprint density at radius 2 is 1.77 bits per heavy atom. The largest absolute Gasteiger partial charge is 0.361 e. The lowest BCUT2D eigenvalue weighted by Gasteiger charge is -2.14. The molecule has 4 rings (SSSR count). The van der Waals surface area contributed by atoms with Crippen molar-refractivity contribution in [1.82, 2.24) is 10.3 Å². The topological polar surface area (TPSA) is 98.4 Å². The highest BCUT2D eigenvalue weighted by Gasteiger charge is 2.11. The van der Waals surface area contributed by atoms with E-state index < -0.39 is 0 Å². The first kappa shape index (κ1) is 24.0. The summed E-state index contributed by atoms with van der Waals surface area (Å²) in [6.45, 7) is 3.84. The molecular formula is C27H26ClN5O2. The van der Waals surface area contributed by atoms with E-state index in [-0.39, 0.29) is 11.8 Å². The second-order valence-corrected chi connectivity index (χ2v) is 8.57. The molecule has 0 aliphatic carbocycles. The number of aromatic nitrogens is 1. The first-order chi connectivity index (χ1) is 16.9. The molecule has 178 valence electrons. The smallest absolute Gasteiger partial charge is 0.257 e. The number of aromatic amines is 1. The Balaban J connectivity index is 1.52. The van der Waals surface area contributed by atoms with Gasteiger partial charge >= 0.3 is 0 Å². The number of nitrogens with one attached hydrogen (secondary N) is 4. The van der Waals surface area contributed by atoms with Crippen LogP contribution >= 0.6 is 11.6 Å². The molecule has 0 unspecified atom stereocenters. The summed E-state index contributed by atoms with van der Waals surface area (Å²) in [6.07, 6.45) is 2.70. The maximum atomic E-state index is 12.9. The highest BCUT2D eigenvalue weighted by atomic mass is 35.5. The van der Waals surface area contributed by atoms with Gasteiger partial charge in [-0.2, -0.15) is 0 Å². The lowest BCUT2D eigenvalue weighted by Crippen LogP contribution is -2.36. The molecule has 0 saturated carbocycles. The molecule has 0 aliphatic heterocycles. The van der Waals surface area contributed by atoms with Crippen molar-refractivity contribution >= 4 is 51.7 Å². The van der Waals surface area contributed by atoms with Gasteiger partial charge in [-0.3, -0.25) is 19.9 Å². The molecule has 8 heteroatoms. The van der Waals surface area contributed by atoms with Gasteiger partial charge in [-0.25, -0.2) is 0 Å². The average molecular weight is 488 g/mol. The van der Waals surface area contributed by atoms with E-state index >= 15 is 0 Å². The molecule has 0 saturated heterocycles. The maximum Gasteiger partial charge on any atom is 0.257 e. The average Bonchev–Trinajstić information content (AvgIpc) is 3.24. The second kappa shape index (κ2) is 10.9. The molecule has 0 fully saturated rings. The summed E-state index contributed by atoms with van der Waals surface area (Å²) in [5, 5.41) is 10.6. The Bertz CT molecular complexity index is 1390. The molecule has 3 aromatic carbocycles. The van der Waals surface area contributed by atoms with Gasteiger partial charge in [0.15, 0.2) is 0 Å². The lowest BCUT2D eigenvalue weighted by atomic mass is 10.1. The van der Waals surface area contributed by atoms with Crippen LogP contribution in [0.15, 0.2) is 77.9 Å². The van der Waals surface area contributed by atoms with E-state index in [0.717, 1.165) is 27.7 Å². The summed E-state index contributed by atoms with van der Waals surface area (Å²) < 4.78 is 0. The maximum absolute atomic E-state index is 12.9. The van der Waals surface area contributed by atoms with Gasteiger partial charge in [0, 0.05) is 52.5 Å². The van der Waals surface area contributed by atoms with Gasteiger partial charge in [0.2, 0.25) is 11.9 Å². The number of hydrogen-bond donors (Lipinski definition) is 4. The van der Waals surface area contributed by atoms with E-state index in [2.05, 4.69) is 32.0 Å². The summed E-state index contributed by atoms with van der Waals surface area (Å²) in [5.41, 5.74) is 5.02. The summed E-state index contributed by atoms with van der Waals surface area (Å²) in [4.78, 5) is 32.1. The Morgan fingerprint density at radius 3 is 2.51 bits per heavy atom. The van der Waals surface area contributed by atoms with Gasteiger partial charge in [-0.15, -0.1) is 0 Å². The third-order valence-corrected chi connectivity index (χ3v) is 5.70. The fourth-order valence-electron chi connectivity index (χ4n) is 3.72. The number of hydrogen-bond acceptors (Lipinski definition) is 3. The molecule has 0 spiro atoms. The van der Waals surface area contributed by atoms with Gasteiger partial charge in [0.05, 0.1) is 0 Å². The molecule has 7 nitrogen and oxygen atoms in total. The second-order valence-electron chi connectivity index (χ2n) is 8.14. The van der Waals surface area contributed by atoms with Crippen molar-refractivity contribution in [3.05, 3.63) is 94.6 Å². The highest BCUT2D eigenvalue weighted by molar-refractivity contribution is 6.30. The molecule has 4 aromatic rings. The van der Waals surface area contributed by atoms with E-state index in [1.807, 2.05) is 43.5 Å². The van der Waals surface area contributed by atoms with Crippen molar-refractivity contribution in [2.24, 2.45) is 4.99 Å². The van der Waals surface area contributed by atoms with Gasteiger partial charge in [-0.05, 0) is 73.0 Å². The summed E-state index contributed by atoms with van der Waals surface area (Å²) >= 11 is 6.09. The number of fused-ring (bicyclic) bond motifs is 1. The van der Waals surface area contributed by atoms with E-state index in [9.17, 15) is 9.59 Å². The Kier molecular flexibility index (Phi) is 7.48. The number of anilines is 2. The van der Waals surface area contributed by atoms with Gasteiger partial charge in [0.25, 0.3) is 5.91 Å². The number of H-pyrrole nitrogens is 1. The highest BCUT2D eigenvalue weighted by Crippen LogP contribution is 2.20. The number of nitrogens with zero attached hydrogens (tertiary/aromatic N) is 1. The fourth-order valence-corrected chi connectivity index (χ4v) is 3.95. The first-order valence-corrected chi connectivity index (χ1v) is 11.6. The number of amides is 2. The van der Waals surface area contributed by atoms with Crippen LogP contribution in [-0.2, 0) is 11.2 Å². The summed E-state index contributed by atoms with van der Waals surface area (Å²) in [6, 6.07) is 20.3. The van der Waals surface area contributed by atoms with Gasteiger partial charge in [0.1, 0.15) is 0 Å². The third-order valence-electron chi connectivity index (χ3n) is 5.47. The number of guanidine groups is 1. The van der Waals surface area contributed by atoms with Gasteiger partial charge in [-0.1, -0.05) is 29.8 Å². The Labute approximate surface area is 208 Å². The van der Waals surface area contributed by atoms with E-state index in [1.54, 1.807) is 30.3 Å². The predicted molar refractivity (Wildman–Crippen MR) is 142 cm³/mol. The number of aryl methyl sites for hydroxylation is 1. The van der Waals surface area contributed by atoms with Crippen LogP contribution in [0.1, 0.15) is 28.4 Å². The zero-order valence-electron chi connectivity index (χ0n) is 19.5. The van der Waals surface area contributed by atoms with Crippen LogP contribution in [0.25, 0.3) is 10.9 Å². The van der Waals surface area contributed by atoms with Crippen LogP contribution in [0.5, 0.6) is 0 Å². The van der Waals surface area contributed by atoms with Crippen LogP contribution < -0.4 is 16.0 Å². The monoisotopic (exact) mass is 487 g/mol. The van der Waals surface area contributed by atoms with Gasteiger partial charge < -0.3 is 15.6 Å². The van der Waals surface area contributed by atoms with Crippen LogP contribution in [0, 0.1) is 6.92 Å². The van der Waals surface area contributed by atoms with Crippen LogP contribution in [0.2, 0.25) is 5.02 Å². The number of rotatable bonds is 6. The number of aliphatic imine (C=N–C) groups is 1. The molecule has 0 aliphatic rings. The van der Waals surface area contributed by atoms with Crippen LogP contribution in [0.4, 0.5) is 11.4 Å². The van der Waals surface area contributed by atoms with Crippen molar-refractivity contribution in [2.45, 2.75) is 20.3 Å². The predicted octanol–water partition coefficient (Wildman–Crippen LogP) is 5.53. The van der Waals surface area contributed by atoms with Crippen LogP contribution in [0.3, 0.4) is 0 Å². The number of carbonyl (C=O) groups excluding carboxylic acids is 2. The minimum atomic E-state index is -0.315. The summed E-state index contributed by atoms with van der Waals surface area (Å²) in [7, 11) is 0. The fraction of sp³-hybridized carbons (Fsp3) is 0.148. The molecule has 0 bridgehead atoms. The SMILES string of the molecule is CC(=O)Nc1ccc(C(=O)NC(=NCCc2c[nH]c3ccccc23)Nc2ccc(Cl)cc2C)cc1. The molecule has 0 atom stereocenters. The van der Waals surface area contributed by atoms with Crippen molar-refractivity contribution in [1.29, 1.82) is 0 Å². The summed E-state index contributed by atoms with van der Waals surface area (Å²) in [5.74, 6) is -0.148. The molecule has 0 radical (unpaired) electrons. The minimum absolute atomic E-state index is 0.172. The molecule has 4 N–H and O–H groups in total. The van der Waals surface area contributed by atoms with E-state index in [4.69, 9.17) is 11.6 Å². The van der Waals surface area contributed by atoms with Crippen molar-refractivity contribution in [3.8, 4) is 0 Å². The number of para-hydroxylation sites is 1. The number of halogens is 1. The Morgan fingerprint density at radius 1 is 1.00 bits per heavy atom. The minimum Gasteiger partial charge on any atom is -0.361 e. The standard InChI is InChI=1S/C27H26ClN5O2/c1-17-15-21(28)9-12-24(17)32-27(29-14-13-20-16-30-25-6-4-3-5-23(20)25)33-26(35)19-7-10-22(11-8-19)31-18(2)34/h3-12,15-16,30H,13-14H2,1-2H3,(H,31,34)(H2,29,32,33,35). The van der Waals surface area contributed by atoms with E-state index in [0.29, 0.717) is 35.2 Å². The van der Waals surface area contributed by atoms with Crippen molar-refractivity contribution in [3.63, 3.8) is 0 Å².